The van der Waals surface area contributed by atoms with E-state index in [9.17, 15) is 4.39 Å². The summed E-state index contributed by atoms with van der Waals surface area (Å²) in [5.41, 5.74) is 8.84. The Bertz CT molecular complexity index is 391. The highest BCUT2D eigenvalue weighted by Gasteiger charge is 2.09. The molecule has 2 N–H and O–H groups in total. The van der Waals surface area contributed by atoms with Crippen molar-refractivity contribution in [3.8, 4) is 5.75 Å². The van der Waals surface area contributed by atoms with Gasteiger partial charge >= 0.3 is 0 Å². The van der Waals surface area contributed by atoms with Crippen molar-refractivity contribution in [2.75, 3.05) is 6.61 Å². The zero-order valence-electron chi connectivity index (χ0n) is 9.34. The van der Waals surface area contributed by atoms with E-state index in [2.05, 4.69) is 0 Å². The van der Waals surface area contributed by atoms with Crippen molar-refractivity contribution in [2.45, 2.75) is 19.9 Å². The van der Waals surface area contributed by atoms with Gasteiger partial charge in [0.1, 0.15) is 18.2 Å². The van der Waals surface area contributed by atoms with Gasteiger partial charge in [-0.25, -0.2) is 4.39 Å². The topological polar surface area (TPSA) is 35.2 Å². The number of ether oxygens (including phenoxy) is 1. The number of benzene rings is 1. The fraction of sp³-hybridized carbons (Fsp3) is 0.333. The maximum absolute atomic E-state index is 13.1. The van der Waals surface area contributed by atoms with Gasteiger partial charge in [-0.15, -0.1) is 0 Å². The molecule has 2 nitrogen and oxygen atoms in total. The summed E-state index contributed by atoms with van der Waals surface area (Å²) in [4.78, 5) is 0. The molecule has 1 unspecified atom stereocenters. The Balaban J connectivity index is 2.88. The van der Waals surface area contributed by atoms with Gasteiger partial charge < -0.3 is 10.5 Å². The van der Waals surface area contributed by atoms with Crippen molar-refractivity contribution in [3.05, 3.63) is 40.7 Å². The minimum atomic E-state index is -0.341. The lowest BCUT2D eigenvalue weighted by atomic mass is 10.1. The molecule has 0 aromatic heterocycles. The predicted molar refractivity (Wildman–Crippen MR) is 64.1 cm³/mol. The highest BCUT2D eigenvalue weighted by atomic mass is 35.5. The second kappa shape index (κ2) is 5.87. The van der Waals surface area contributed by atoms with Crippen molar-refractivity contribution in [1.82, 2.24) is 0 Å². The largest absolute Gasteiger partial charge is 0.489 e. The van der Waals surface area contributed by atoms with Gasteiger partial charge in [-0.3, -0.25) is 0 Å². The van der Waals surface area contributed by atoms with E-state index in [0.29, 0.717) is 12.4 Å². The summed E-state index contributed by atoms with van der Waals surface area (Å²) in [6.45, 7) is 3.98. The predicted octanol–water partition coefficient (Wildman–Crippen LogP) is 3.37. The van der Waals surface area contributed by atoms with Crippen LogP contribution in [0.4, 0.5) is 4.39 Å². The molecule has 0 radical (unpaired) electrons. The minimum absolute atomic E-state index is 0.198. The normalized spacial score (nSPS) is 13.7. The van der Waals surface area contributed by atoms with Crippen LogP contribution in [0, 0.1) is 5.82 Å². The Morgan fingerprint density at radius 1 is 1.62 bits per heavy atom. The van der Waals surface area contributed by atoms with Gasteiger partial charge in [0.05, 0.1) is 0 Å². The van der Waals surface area contributed by atoms with Crippen LogP contribution in [-0.4, -0.2) is 6.61 Å². The average molecular weight is 244 g/mol. The third-order valence-corrected chi connectivity index (χ3v) is 2.48. The van der Waals surface area contributed by atoms with Gasteiger partial charge in [-0.05, 0) is 25.5 Å². The molecule has 0 heterocycles. The molecule has 88 valence electrons. The standard InChI is InChI=1S/C12H15ClFNO/c1-8(6-13)7-16-12-5-10(14)3-4-11(12)9(2)15/h3-6,9H,7,15H2,1-2H3/b8-6+. The molecule has 1 atom stereocenters. The smallest absolute Gasteiger partial charge is 0.127 e. The van der Waals surface area contributed by atoms with Gasteiger partial charge in [0.25, 0.3) is 0 Å². The first-order valence-electron chi connectivity index (χ1n) is 4.98. The third-order valence-electron chi connectivity index (χ3n) is 2.11. The number of hydrogen-bond acceptors (Lipinski definition) is 2. The summed E-state index contributed by atoms with van der Waals surface area (Å²) in [6.07, 6.45) is 0. The molecule has 1 rings (SSSR count). The van der Waals surface area contributed by atoms with Crippen LogP contribution in [0.1, 0.15) is 25.5 Å². The number of halogens is 2. The van der Waals surface area contributed by atoms with Crippen molar-refractivity contribution in [2.24, 2.45) is 5.73 Å². The van der Waals surface area contributed by atoms with Gasteiger partial charge in [0.2, 0.25) is 0 Å². The molecule has 0 amide bonds. The zero-order valence-corrected chi connectivity index (χ0v) is 10.1. The lowest BCUT2D eigenvalue weighted by molar-refractivity contribution is 0.344. The molecule has 0 saturated carbocycles. The summed E-state index contributed by atoms with van der Waals surface area (Å²) in [5.74, 6) is 0.125. The fourth-order valence-corrected chi connectivity index (χ4v) is 1.30. The van der Waals surface area contributed by atoms with Crippen LogP contribution in [0.25, 0.3) is 0 Å². The lowest BCUT2D eigenvalue weighted by Gasteiger charge is -2.14. The molecule has 0 aliphatic carbocycles. The van der Waals surface area contributed by atoms with Crippen LogP contribution in [0.15, 0.2) is 29.3 Å². The lowest BCUT2D eigenvalue weighted by Crippen LogP contribution is -2.09. The van der Waals surface area contributed by atoms with Crippen molar-refractivity contribution >= 4 is 11.6 Å². The molecule has 0 bridgehead atoms. The second-order valence-corrected chi connectivity index (χ2v) is 3.93. The Labute approximate surface area is 99.9 Å². The van der Waals surface area contributed by atoms with Crippen LogP contribution >= 0.6 is 11.6 Å². The maximum Gasteiger partial charge on any atom is 0.127 e. The summed E-state index contributed by atoms with van der Waals surface area (Å²) in [7, 11) is 0. The molecule has 4 heteroatoms. The van der Waals surface area contributed by atoms with Gasteiger partial charge in [0, 0.05) is 23.2 Å². The average Bonchev–Trinajstić information content (AvgIpc) is 2.25. The fourth-order valence-electron chi connectivity index (χ4n) is 1.23. The molecule has 0 spiro atoms. The monoisotopic (exact) mass is 243 g/mol. The number of rotatable bonds is 4. The van der Waals surface area contributed by atoms with E-state index in [1.54, 1.807) is 6.07 Å². The highest BCUT2D eigenvalue weighted by molar-refractivity contribution is 6.25. The summed E-state index contributed by atoms with van der Waals surface area (Å²) < 4.78 is 18.5. The summed E-state index contributed by atoms with van der Waals surface area (Å²) in [6, 6.07) is 4.14. The van der Waals surface area contributed by atoms with Crippen molar-refractivity contribution in [3.63, 3.8) is 0 Å². The first-order chi connectivity index (χ1) is 7.54. The number of nitrogens with two attached hydrogens (primary N) is 1. The van der Waals surface area contributed by atoms with Crippen LogP contribution in [0.5, 0.6) is 5.75 Å². The molecular formula is C12H15ClFNO. The minimum Gasteiger partial charge on any atom is -0.489 e. The van der Waals surface area contributed by atoms with Crippen molar-refractivity contribution in [1.29, 1.82) is 0 Å². The van der Waals surface area contributed by atoms with Crippen LogP contribution < -0.4 is 10.5 Å². The Morgan fingerprint density at radius 3 is 2.88 bits per heavy atom. The van der Waals surface area contributed by atoms with E-state index < -0.39 is 0 Å². The number of hydrogen-bond donors (Lipinski definition) is 1. The second-order valence-electron chi connectivity index (χ2n) is 3.71. The quantitative estimate of drug-likeness (QED) is 0.880. The van der Waals surface area contributed by atoms with Crippen LogP contribution in [0.2, 0.25) is 0 Å². The third kappa shape index (κ3) is 3.51. The first kappa shape index (κ1) is 13.0. The molecular weight excluding hydrogens is 229 g/mol. The van der Waals surface area contributed by atoms with Gasteiger partial charge in [-0.1, -0.05) is 17.7 Å². The van der Waals surface area contributed by atoms with E-state index in [1.165, 1.54) is 17.7 Å². The molecule has 16 heavy (non-hydrogen) atoms. The van der Waals surface area contributed by atoms with E-state index in [-0.39, 0.29) is 11.9 Å². The maximum atomic E-state index is 13.1. The van der Waals surface area contributed by atoms with Crippen LogP contribution in [0.3, 0.4) is 0 Å². The zero-order chi connectivity index (χ0) is 12.1. The Morgan fingerprint density at radius 2 is 2.31 bits per heavy atom. The molecule has 0 aliphatic heterocycles. The Kier molecular flexibility index (Phi) is 4.77. The molecule has 0 aliphatic rings. The SMILES string of the molecule is C/C(=C\Cl)COc1cc(F)ccc1C(C)N. The van der Waals surface area contributed by atoms with Gasteiger partial charge in [0.15, 0.2) is 0 Å². The van der Waals surface area contributed by atoms with E-state index >= 15 is 0 Å². The summed E-state index contributed by atoms with van der Waals surface area (Å²) >= 11 is 5.51. The van der Waals surface area contributed by atoms with Crippen LogP contribution in [-0.2, 0) is 0 Å². The highest BCUT2D eigenvalue weighted by Crippen LogP contribution is 2.25. The Hall–Kier alpha value is -1.06. The van der Waals surface area contributed by atoms with Crippen molar-refractivity contribution < 1.29 is 9.13 Å². The summed E-state index contributed by atoms with van der Waals surface area (Å²) in [5, 5.41) is 0. The van der Waals surface area contributed by atoms with E-state index in [0.717, 1.165) is 11.1 Å². The molecule has 0 saturated heterocycles. The van der Waals surface area contributed by atoms with E-state index in [4.69, 9.17) is 22.1 Å². The molecule has 1 aromatic carbocycles. The first-order valence-corrected chi connectivity index (χ1v) is 5.42. The van der Waals surface area contributed by atoms with Gasteiger partial charge in [-0.2, -0.15) is 0 Å². The van der Waals surface area contributed by atoms with E-state index in [1.807, 2.05) is 13.8 Å². The molecule has 1 aromatic rings. The molecule has 0 fully saturated rings.